The van der Waals surface area contributed by atoms with Crippen molar-refractivity contribution in [3.05, 3.63) is 42.5 Å². The van der Waals surface area contributed by atoms with Crippen molar-refractivity contribution in [2.75, 3.05) is 5.32 Å². The van der Waals surface area contributed by atoms with Crippen LogP contribution in [-0.4, -0.2) is 21.2 Å². The Bertz CT molecular complexity index is 704. The van der Waals surface area contributed by atoms with Gasteiger partial charge in [-0.3, -0.25) is 4.68 Å². The summed E-state index contributed by atoms with van der Waals surface area (Å²) in [5, 5.41) is 7.00. The first kappa shape index (κ1) is 13.5. The molecular formula is C14H14F2N4O. The van der Waals surface area contributed by atoms with Crippen molar-refractivity contribution >= 4 is 16.8 Å². The monoisotopic (exact) mass is 292 g/mol. The molecule has 0 fully saturated rings. The van der Waals surface area contributed by atoms with E-state index in [1.54, 1.807) is 0 Å². The van der Waals surface area contributed by atoms with E-state index in [1.807, 2.05) is 31.2 Å². The van der Waals surface area contributed by atoms with E-state index in [-0.39, 0.29) is 6.04 Å². The summed E-state index contributed by atoms with van der Waals surface area (Å²) >= 11 is 0. The molecule has 0 amide bonds. The smallest absolute Gasteiger partial charge is 0.257 e. The number of fused-ring (bicyclic) bond motifs is 1. The highest BCUT2D eigenvalue weighted by atomic mass is 19.3. The third kappa shape index (κ3) is 3.01. The van der Waals surface area contributed by atoms with Gasteiger partial charge in [-0.05, 0) is 19.1 Å². The van der Waals surface area contributed by atoms with Crippen LogP contribution in [0.15, 0.2) is 41.1 Å². The minimum atomic E-state index is -2.42. The minimum absolute atomic E-state index is 0.193. The maximum absolute atomic E-state index is 12.3. The molecule has 1 aromatic carbocycles. The molecule has 2 heterocycles. The Labute approximate surface area is 119 Å². The molecular weight excluding hydrogens is 278 g/mol. The fourth-order valence-electron chi connectivity index (χ4n) is 2.07. The maximum atomic E-state index is 12.3. The van der Waals surface area contributed by atoms with Crippen molar-refractivity contribution in [2.24, 2.45) is 0 Å². The lowest BCUT2D eigenvalue weighted by Gasteiger charge is -2.08. The quantitative estimate of drug-likeness (QED) is 0.782. The number of anilines is 1. The van der Waals surface area contributed by atoms with E-state index in [2.05, 4.69) is 15.4 Å². The Hall–Kier alpha value is -2.44. The van der Waals surface area contributed by atoms with E-state index < -0.39 is 13.0 Å². The number of halogens is 2. The molecule has 0 aliphatic heterocycles. The molecule has 0 saturated heterocycles. The molecule has 1 atom stereocenters. The molecule has 0 bridgehead atoms. The second-order valence-electron chi connectivity index (χ2n) is 4.73. The molecule has 0 radical (unpaired) electrons. The summed E-state index contributed by atoms with van der Waals surface area (Å²) in [6.07, 6.45) is 0.611. The Morgan fingerprint density at radius 2 is 2.14 bits per heavy atom. The average Bonchev–Trinajstić information content (AvgIpc) is 3.04. The zero-order chi connectivity index (χ0) is 14.8. The second-order valence-corrected chi connectivity index (χ2v) is 4.73. The Balaban J connectivity index is 1.73. The molecule has 110 valence electrons. The first-order chi connectivity index (χ1) is 10.1. The first-order valence-corrected chi connectivity index (χ1v) is 6.54. The van der Waals surface area contributed by atoms with Crippen molar-refractivity contribution in [3.8, 4) is 0 Å². The van der Waals surface area contributed by atoms with Gasteiger partial charge in [-0.25, -0.2) is 13.8 Å². The Morgan fingerprint density at radius 3 is 2.90 bits per heavy atom. The lowest BCUT2D eigenvalue weighted by molar-refractivity contribution is 0.122. The molecule has 5 nitrogen and oxygen atoms in total. The summed E-state index contributed by atoms with van der Waals surface area (Å²) in [6.45, 7) is 1.47. The number of alkyl halides is 2. The largest absolute Gasteiger partial charge is 0.438 e. The highest BCUT2D eigenvalue weighted by Crippen LogP contribution is 2.22. The highest BCUT2D eigenvalue weighted by Gasteiger charge is 2.14. The molecule has 3 aromatic rings. The van der Waals surface area contributed by atoms with Gasteiger partial charge in [0.15, 0.2) is 5.58 Å². The summed E-state index contributed by atoms with van der Waals surface area (Å²) in [6, 6.07) is 7.29. The predicted octanol–water partition coefficient (Wildman–Crippen LogP) is 3.46. The lowest BCUT2D eigenvalue weighted by atomic mass is 10.3. The topological polar surface area (TPSA) is 55.9 Å². The number of aromatic nitrogens is 3. The number of nitrogens with zero attached hydrogens (tertiary/aromatic N) is 3. The molecule has 7 heteroatoms. The molecule has 3 rings (SSSR count). The van der Waals surface area contributed by atoms with Crippen LogP contribution in [0.1, 0.15) is 18.9 Å². The van der Waals surface area contributed by atoms with Crippen molar-refractivity contribution < 1.29 is 13.2 Å². The first-order valence-electron chi connectivity index (χ1n) is 6.54. The molecule has 1 N–H and O–H groups in total. The Kier molecular flexibility index (Phi) is 3.55. The summed E-state index contributed by atoms with van der Waals surface area (Å²) in [5.74, 6) is 0.540. The van der Waals surface area contributed by atoms with Crippen LogP contribution in [0.25, 0.3) is 11.1 Å². The van der Waals surface area contributed by atoms with Gasteiger partial charge in [0.1, 0.15) is 18.1 Å². The summed E-state index contributed by atoms with van der Waals surface area (Å²) in [7, 11) is 0. The summed E-state index contributed by atoms with van der Waals surface area (Å²) in [4.78, 5) is 4.39. The van der Waals surface area contributed by atoms with E-state index in [9.17, 15) is 8.78 Å². The van der Waals surface area contributed by atoms with Crippen molar-refractivity contribution in [1.29, 1.82) is 0 Å². The van der Waals surface area contributed by atoms with Crippen LogP contribution in [0, 0.1) is 0 Å². The third-order valence-corrected chi connectivity index (χ3v) is 3.02. The van der Waals surface area contributed by atoms with Gasteiger partial charge in [-0.1, -0.05) is 12.1 Å². The number of rotatable bonds is 5. The molecule has 0 spiro atoms. The third-order valence-electron chi connectivity index (χ3n) is 3.02. The highest BCUT2D eigenvalue weighted by molar-refractivity contribution is 5.72. The normalized spacial score (nSPS) is 13.0. The van der Waals surface area contributed by atoms with Crippen LogP contribution in [0.5, 0.6) is 0 Å². The number of benzene rings is 1. The van der Waals surface area contributed by atoms with Crippen molar-refractivity contribution in [1.82, 2.24) is 14.8 Å². The number of oxazole rings is 1. The van der Waals surface area contributed by atoms with Crippen LogP contribution >= 0.6 is 0 Å². The number of nitrogens with one attached hydrogen (secondary N) is 1. The van der Waals surface area contributed by atoms with Gasteiger partial charge in [-0.2, -0.15) is 5.10 Å². The number of hydrogen-bond donors (Lipinski definition) is 1. The fourth-order valence-corrected chi connectivity index (χ4v) is 2.07. The molecule has 0 saturated carbocycles. The summed E-state index contributed by atoms with van der Waals surface area (Å²) < 4.78 is 31.4. The molecule has 0 aliphatic rings. The second kappa shape index (κ2) is 5.51. The van der Waals surface area contributed by atoms with Crippen LogP contribution in [0.2, 0.25) is 0 Å². The molecule has 1 unspecified atom stereocenters. The standard InChI is InChI=1S/C14H14F2N4O/c1-9(14-19-11-4-2-3-5-12(11)21-14)18-10-6-17-20(7-10)8-13(15)16/h2-7,9,13,18H,8H2,1H3. The van der Waals surface area contributed by atoms with Gasteiger partial charge in [0, 0.05) is 6.20 Å². The van der Waals surface area contributed by atoms with E-state index in [0.29, 0.717) is 11.6 Å². The van der Waals surface area contributed by atoms with Gasteiger partial charge >= 0.3 is 0 Å². The zero-order valence-corrected chi connectivity index (χ0v) is 11.3. The summed E-state index contributed by atoms with van der Waals surface area (Å²) in [5.41, 5.74) is 2.15. The molecule has 2 aromatic heterocycles. The van der Waals surface area contributed by atoms with Crippen LogP contribution in [0.3, 0.4) is 0 Å². The van der Waals surface area contributed by atoms with E-state index >= 15 is 0 Å². The zero-order valence-electron chi connectivity index (χ0n) is 11.3. The van der Waals surface area contributed by atoms with E-state index in [4.69, 9.17) is 4.42 Å². The number of para-hydroxylation sites is 2. The van der Waals surface area contributed by atoms with Gasteiger partial charge in [0.25, 0.3) is 6.43 Å². The van der Waals surface area contributed by atoms with Crippen molar-refractivity contribution in [3.63, 3.8) is 0 Å². The van der Waals surface area contributed by atoms with Gasteiger partial charge in [0.05, 0.1) is 11.9 Å². The van der Waals surface area contributed by atoms with Gasteiger partial charge in [-0.15, -0.1) is 0 Å². The predicted molar refractivity (Wildman–Crippen MR) is 74.3 cm³/mol. The van der Waals surface area contributed by atoms with Crippen LogP contribution in [0.4, 0.5) is 14.5 Å². The van der Waals surface area contributed by atoms with Gasteiger partial charge < -0.3 is 9.73 Å². The van der Waals surface area contributed by atoms with E-state index in [0.717, 1.165) is 11.1 Å². The van der Waals surface area contributed by atoms with Crippen LogP contribution in [-0.2, 0) is 6.54 Å². The SMILES string of the molecule is CC(Nc1cnn(CC(F)F)c1)c1nc2ccccc2o1. The Morgan fingerprint density at radius 1 is 1.33 bits per heavy atom. The maximum Gasteiger partial charge on any atom is 0.257 e. The molecule has 0 aliphatic carbocycles. The van der Waals surface area contributed by atoms with E-state index in [1.165, 1.54) is 17.1 Å². The van der Waals surface area contributed by atoms with Crippen molar-refractivity contribution in [2.45, 2.75) is 25.9 Å². The minimum Gasteiger partial charge on any atom is -0.438 e. The van der Waals surface area contributed by atoms with Crippen LogP contribution < -0.4 is 5.32 Å². The fraction of sp³-hybridized carbons (Fsp3) is 0.286. The lowest BCUT2D eigenvalue weighted by Crippen LogP contribution is -2.07. The average molecular weight is 292 g/mol. The van der Waals surface area contributed by atoms with Gasteiger partial charge in [0.2, 0.25) is 5.89 Å². The number of hydrogen-bond acceptors (Lipinski definition) is 4. The molecule has 21 heavy (non-hydrogen) atoms.